The van der Waals surface area contributed by atoms with Crippen molar-refractivity contribution in [2.45, 2.75) is 31.5 Å². The number of halogens is 9. The van der Waals surface area contributed by atoms with Crippen molar-refractivity contribution >= 4 is 5.91 Å². The Labute approximate surface area is 129 Å². The first-order chi connectivity index (χ1) is 10.7. The highest BCUT2D eigenvalue weighted by Crippen LogP contribution is 2.59. The molecule has 0 bridgehead atoms. The number of carbonyl (C=O) groups excluding carboxylic acids is 1. The van der Waals surface area contributed by atoms with E-state index in [0.717, 1.165) is 12.2 Å². The monoisotopic (exact) mass is 367 g/mol. The van der Waals surface area contributed by atoms with Gasteiger partial charge in [0.05, 0.1) is 6.04 Å². The minimum Gasteiger partial charge on any atom is -0.348 e. The minimum absolute atomic E-state index is 0.0336. The van der Waals surface area contributed by atoms with E-state index >= 15 is 0 Å². The van der Waals surface area contributed by atoms with Crippen molar-refractivity contribution in [2.24, 2.45) is 5.41 Å². The summed E-state index contributed by atoms with van der Waals surface area (Å²) in [6, 6.07) is 5.10. The molecule has 0 aliphatic carbocycles. The molecule has 1 aromatic carbocycles. The number of hydrogen-bond acceptors (Lipinski definition) is 1. The van der Waals surface area contributed by atoms with E-state index in [9.17, 15) is 44.3 Å². The van der Waals surface area contributed by atoms with E-state index in [4.69, 9.17) is 0 Å². The average Bonchev–Trinajstić information content (AvgIpc) is 2.34. The lowest BCUT2D eigenvalue weighted by atomic mass is 9.83. The van der Waals surface area contributed by atoms with E-state index in [1.165, 1.54) is 30.3 Å². The summed E-state index contributed by atoms with van der Waals surface area (Å²) < 4.78 is 115. The van der Waals surface area contributed by atoms with Crippen molar-refractivity contribution in [2.75, 3.05) is 0 Å². The van der Waals surface area contributed by atoms with Crippen LogP contribution in [0.3, 0.4) is 0 Å². The van der Waals surface area contributed by atoms with Crippen LogP contribution in [0.1, 0.15) is 18.5 Å². The van der Waals surface area contributed by atoms with E-state index in [1.54, 1.807) is 0 Å². The molecule has 1 unspecified atom stereocenters. The number of carbonyl (C=O) groups is 1. The van der Waals surface area contributed by atoms with E-state index in [1.807, 2.05) is 0 Å². The summed E-state index contributed by atoms with van der Waals surface area (Å²) in [5.74, 6) is -3.23. The molecule has 1 atom stereocenters. The van der Waals surface area contributed by atoms with Crippen LogP contribution in [-0.4, -0.2) is 24.4 Å². The largest absolute Gasteiger partial charge is 0.421 e. The van der Waals surface area contributed by atoms with Crippen molar-refractivity contribution in [3.8, 4) is 0 Å². The molecule has 0 spiro atoms. The third-order valence-corrected chi connectivity index (χ3v) is 3.26. The quantitative estimate of drug-likeness (QED) is 0.781. The topological polar surface area (TPSA) is 29.1 Å². The molecule has 0 radical (unpaired) electrons. The molecule has 1 aromatic rings. The number of hydrogen-bond donors (Lipinski definition) is 1. The highest BCUT2D eigenvalue weighted by molar-refractivity contribution is 5.86. The molecule has 2 nitrogen and oxygen atoms in total. The SMILES string of the molecule is CC(NC(=O)C(C(F)(F)F)(C(F)(F)F)C(F)(F)F)c1ccccc1. The number of benzene rings is 1. The maximum Gasteiger partial charge on any atom is 0.421 e. The Morgan fingerprint density at radius 1 is 0.833 bits per heavy atom. The third kappa shape index (κ3) is 3.29. The van der Waals surface area contributed by atoms with Crippen LogP contribution in [0.2, 0.25) is 0 Å². The van der Waals surface area contributed by atoms with E-state index < -0.39 is 35.9 Å². The highest BCUT2D eigenvalue weighted by Gasteiger charge is 2.88. The van der Waals surface area contributed by atoms with Gasteiger partial charge in [-0.15, -0.1) is 0 Å². The van der Waals surface area contributed by atoms with Crippen LogP contribution in [0.15, 0.2) is 30.3 Å². The minimum atomic E-state index is -6.93. The first-order valence-corrected chi connectivity index (χ1v) is 6.22. The Kier molecular flexibility index (Phi) is 5.17. The van der Waals surface area contributed by atoms with Crippen molar-refractivity contribution in [1.29, 1.82) is 0 Å². The maximum atomic E-state index is 12.8. The van der Waals surface area contributed by atoms with Crippen LogP contribution in [0.5, 0.6) is 0 Å². The van der Waals surface area contributed by atoms with Gasteiger partial charge in [0, 0.05) is 0 Å². The van der Waals surface area contributed by atoms with Crippen molar-refractivity contribution < 1.29 is 44.3 Å². The first-order valence-electron chi connectivity index (χ1n) is 6.22. The lowest BCUT2D eigenvalue weighted by Gasteiger charge is -2.37. The van der Waals surface area contributed by atoms with Crippen LogP contribution in [-0.2, 0) is 4.79 Å². The first kappa shape index (κ1) is 20.1. The summed E-state index contributed by atoms with van der Waals surface area (Å²) in [6.07, 6.45) is -20.8. The summed E-state index contributed by atoms with van der Waals surface area (Å²) in [4.78, 5) is 11.5. The number of alkyl halides is 9. The second kappa shape index (κ2) is 6.17. The number of rotatable bonds is 3. The van der Waals surface area contributed by atoms with Crippen LogP contribution >= 0.6 is 0 Å². The molecule has 0 fully saturated rings. The highest BCUT2D eigenvalue weighted by atomic mass is 19.4. The fourth-order valence-electron chi connectivity index (χ4n) is 2.00. The third-order valence-electron chi connectivity index (χ3n) is 3.26. The van der Waals surface area contributed by atoms with Crippen molar-refractivity contribution in [1.82, 2.24) is 5.32 Å². The van der Waals surface area contributed by atoms with Crippen LogP contribution in [0.4, 0.5) is 39.5 Å². The molecule has 24 heavy (non-hydrogen) atoms. The fourth-order valence-corrected chi connectivity index (χ4v) is 2.00. The van der Waals surface area contributed by atoms with E-state index in [0.29, 0.717) is 0 Å². The Morgan fingerprint density at radius 3 is 1.54 bits per heavy atom. The van der Waals surface area contributed by atoms with E-state index in [2.05, 4.69) is 0 Å². The van der Waals surface area contributed by atoms with Gasteiger partial charge in [-0.2, -0.15) is 39.5 Å². The molecule has 0 aromatic heterocycles. The van der Waals surface area contributed by atoms with Gasteiger partial charge in [0.25, 0.3) is 5.91 Å². The van der Waals surface area contributed by atoms with Crippen molar-refractivity contribution in [3.05, 3.63) is 35.9 Å². The molecule has 0 heterocycles. The lowest BCUT2D eigenvalue weighted by Crippen LogP contribution is -2.67. The summed E-state index contributed by atoms with van der Waals surface area (Å²) in [5.41, 5.74) is -6.48. The van der Waals surface area contributed by atoms with Crippen LogP contribution in [0.25, 0.3) is 0 Å². The van der Waals surface area contributed by atoms with Crippen LogP contribution in [0, 0.1) is 5.41 Å². The van der Waals surface area contributed by atoms with E-state index in [-0.39, 0.29) is 5.56 Å². The molecule has 0 aliphatic rings. The summed E-state index contributed by atoms with van der Waals surface area (Å²) >= 11 is 0. The predicted molar refractivity (Wildman–Crippen MR) is 63.6 cm³/mol. The van der Waals surface area contributed by atoms with Gasteiger partial charge in [0.1, 0.15) is 0 Å². The summed E-state index contributed by atoms with van der Waals surface area (Å²) in [5, 5.41) is 1.16. The molecule has 11 heteroatoms. The Balaban J connectivity index is 3.38. The average molecular weight is 367 g/mol. The molecule has 0 saturated carbocycles. The van der Waals surface area contributed by atoms with Gasteiger partial charge in [-0.1, -0.05) is 30.3 Å². The Bertz CT molecular complexity index is 538. The molecule has 1 N–H and O–H groups in total. The zero-order valence-electron chi connectivity index (χ0n) is 11.8. The normalized spacial score (nSPS) is 15.1. The zero-order valence-corrected chi connectivity index (χ0v) is 11.8. The molecule has 1 amide bonds. The van der Waals surface area contributed by atoms with Gasteiger partial charge in [0.15, 0.2) is 0 Å². The second-order valence-corrected chi connectivity index (χ2v) is 4.85. The summed E-state index contributed by atoms with van der Waals surface area (Å²) in [6.45, 7) is 0.959. The number of amides is 1. The van der Waals surface area contributed by atoms with Gasteiger partial charge < -0.3 is 5.32 Å². The second-order valence-electron chi connectivity index (χ2n) is 4.85. The number of nitrogens with one attached hydrogen (secondary N) is 1. The molecule has 0 aliphatic heterocycles. The molecule has 136 valence electrons. The van der Waals surface area contributed by atoms with Gasteiger partial charge in [-0.25, -0.2) is 0 Å². The van der Waals surface area contributed by atoms with Gasteiger partial charge >= 0.3 is 23.9 Å². The predicted octanol–water partition coefficient (Wildman–Crippen LogP) is 4.54. The van der Waals surface area contributed by atoms with Crippen molar-refractivity contribution in [3.63, 3.8) is 0 Å². The van der Waals surface area contributed by atoms with Gasteiger partial charge in [-0.3, -0.25) is 4.79 Å². The zero-order chi connectivity index (χ0) is 19.0. The molecular formula is C13H10F9NO. The summed E-state index contributed by atoms with van der Waals surface area (Å²) in [7, 11) is 0. The molecule has 0 saturated heterocycles. The molecule has 1 rings (SSSR count). The smallest absolute Gasteiger partial charge is 0.348 e. The van der Waals surface area contributed by atoms with Gasteiger partial charge in [-0.05, 0) is 12.5 Å². The van der Waals surface area contributed by atoms with Gasteiger partial charge in [0.2, 0.25) is 0 Å². The maximum absolute atomic E-state index is 12.8. The standard InChI is InChI=1S/C13H10F9NO/c1-7(8-5-3-2-4-6-8)23-9(24)10(11(14,15)16,12(17,18)19)13(20,21)22/h2-7H,1H3,(H,23,24). The Hall–Kier alpha value is -1.94. The molecular weight excluding hydrogens is 357 g/mol. The lowest BCUT2D eigenvalue weighted by molar-refractivity contribution is -0.407. The Morgan fingerprint density at radius 2 is 1.21 bits per heavy atom. The van der Waals surface area contributed by atoms with Crippen LogP contribution < -0.4 is 5.32 Å². The fraction of sp³-hybridized carbons (Fsp3) is 0.462.